The van der Waals surface area contributed by atoms with Crippen molar-refractivity contribution in [1.29, 1.82) is 0 Å². The molecule has 0 radical (unpaired) electrons. The molecule has 232 valence electrons. The number of fused-ring (bicyclic) bond motifs is 8. The molecule has 0 spiro atoms. The zero-order valence-electron chi connectivity index (χ0n) is 26.8. The number of phenols is 2. The average molecular weight is 597 g/mol. The van der Waals surface area contributed by atoms with Crippen molar-refractivity contribution < 1.29 is 29.2 Å². The number of ether oxygens (including phenoxy) is 4. The highest BCUT2D eigenvalue weighted by atomic mass is 16.5. The topological polar surface area (TPSA) is 77.4 Å². The van der Waals surface area contributed by atoms with Crippen molar-refractivity contribution in [1.82, 2.24) is 0 Å². The van der Waals surface area contributed by atoms with Crippen molar-refractivity contribution in [2.75, 3.05) is 28.4 Å². The van der Waals surface area contributed by atoms with E-state index < -0.39 is 0 Å². The zero-order valence-corrected chi connectivity index (χ0v) is 26.8. The van der Waals surface area contributed by atoms with E-state index >= 15 is 0 Å². The van der Waals surface area contributed by atoms with Gasteiger partial charge < -0.3 is 29.2 Å². The Bertz CT molecular complexity index is 1430. The minimum Gasteiger partial charge on any atom is -0.507 e. The Hall–Kier alpha value is -4.32. The summed E-state index contributed by atoms with van der Waals surface area (Å²) in [4.78, 5) is 0. The molecule has 0 amide bonds. The van der Waals surface area contributed by atoms with Gasteiger partial charge in [-0.05, 0) is 134 Å². The van der Waals surface area contributed by atoms with Gasteiger partial charge in [0.25, 0.3) is 0 Å². The van der Waals surface area contributed by atoms with E-state index in [-0.39, 0.29) is 0 Å². The minimum absolute atomic E-state index is 0.321. The molecule has 44 heavy (non-hydrogen) atoms. The van der Waals surface area contributed by atoms with Crippen LogP contribution >= 0.6 is 0 Å². The summed E-state index contributed by atoms with van der Waals surface area (Å²) in [6.45, 7) is 4.19. The Kier molecular flexibility index (Phi) is 9.58. The fourth-order valence-electron chi connectivity index (χ4n) is 6.66. The number of phenolic OH excluding ortho intramolecular Hbond substituents is 2. The van der Waals surface area contributed by atoms with Crippen molar-refractivity contribution in [2.24, 2.45) is 0 Å². The summed E-state index contributed by atoms with van der Waals surface area (Å²) in [7, 11) is 6.75. The van der Waals surface area contributed by atoms with E-state index in [0.29, 0.717) is 62.9 Å². The van der Waals surface area contributed by atoms with E-state index in [1.807, 2.05) is 24.3 Å². The molecule has 0 atom stereocenters. The van der Waals surface area contributed by atoms with E-state index in [0.717, 1.165) is 78.6 Å². The van der Waals surface area contributed by atoms with Crippen LogP contribution in [-0.2, 0) is 51.4 Å². The lowest BCUT2D eigenvalue weighted by Crippen LogP contribution is -2.05. The maximum Gasteiger partial charge on any atom is 0.125 e. The van der Waals surface area contributed by atoms with Gasteiger partial charge in [0, 0.05) is 0 Å². The number of methoxy groups -OCH3 is 4. The largest absolute Gasteiger partial charge is 0.507 e. The number of benzene rings is 4. The molecule has 5 rings (SSSR count). The van der Waals surface area contributed by atoms with Crippen LogP contribution in [0, 0.1) is 13.8 Å². The van der Waals surface area contributed by atoms with Gasteiger partial charge in [-0.3, -0.25) is 0 Å². The lowest BCUT2D eigenvalue weighted by Gasteiger charge is -2.19. The highest BCUT2D eigenvalue weighted by Gasteiger charge is 2.19. The first-order valence-corrected chi connectivity index (χ1v) is 15.3. The molecule has 1 aliphatic carbocycles. The average Bonchev–Trinajstić information content (AvgIpc) is 3.01. The lowest BCUT2D eigenvalue weighted by molar-refractivity contribution is 0.401. The van der Waals surface area contributed by atoms with E-state index in [9.17, 15) is 10.2 Å². The van der Waals surface area contributed by atoms with Crippen LogP contribution in [0.4, 0.5) is 0 Å². The third kappa shape index (κ3) is 6.59. The molecule has 0 fully saturated rings. The van der Waals surface area contributed by atoms with Crippen LogP contribution in [0.15, 0.2) is 48.5 Å². The van der Waals surface area contributed by atoms with Gasteiger partial charge in [-0.2, -0.15) is 0 Å². The van der Waals surface area contributed by atoms with Crippen LogP contribution in [0.25, 0.3) is 0 Å². The Morgan fingerprint density at radius 3 is 0.864 bits per heavy atom. The number of rotatable bonds is 4. The van der Waals surface area contributed by atoms with Crippen LogP contribution in [0.1, 0.15) is 55.6 Å². The fraction of sp³-hybridized carbons (Fsp3) is 0.368. The van der Waals surface area contributed by atoms with Crippen molar-refractivity contribution in [2.45, 2.75) is 65.2 Å². The maximum atomic E-state index is 11.4. The van der Waals surface area contributed by atoms with Crippen LogP contribution in [0.2, 0.25) is 0 Å². The van der Waals surface area contributed by atoms with Gasteiger partial charge in [0.2, 0.25) is 0 Å². The zero-order chi connectivity index (χ0) is 31.4. The smallest absolute Gasteiger partial charge is 0.125 e. The molecular weight excluding hydrogens is 552 g/mol. The molecular formula is C38H44O6. The first-order chi connectivity index (χ1) is 21.2. The maximum absolute atomic E-state index is 11.4. The highest BCUT2D eigenvalue weighted by Crippen LogP contribution is 2.37. The van der Waals surface area contributed by atoms with Crippen LogP contribution in [-0.4, -0.2) is 38.7 Å². The second-order valence-corrected chi connectivity index (χ2v) is 11.8. The van der Waals surface area contributed by atoms with Crippen molar-refractivity contribution in [3.05, 3.63) is 104 Å². The van der Waals surface area contributed by atoms with E-state index in [1.54, 1.807) is 28.4 Å². The summed E-state index contributed by atoms with van der Waals surface area (Å²) in [5.74, 6) is 3.83. The minimum atomic E-state index is 0.321. The number of hydrogen-bond acceptors (Lipinski definition) is 6. The molecule has 0 saturated carbocycles. The molecule has 1 aliphatic rings. The first-order valence-electron chi connectivity index (χ1n) is 15.3. The Morgan fingerprint density at radius 2 is 0.636 bits per heavy atom. The predicted octanol–water partition coefficient (Wildman–Crippen LogP) is 7.20. The standard InChI is InChI=1S/C38H44O6/c1-23-15-29-11-7-25-19-33(41-3)21-27(35(25)39)9-13-31-17-24(2)18-32(38(31)44-6)14-10-28-22-34(42-4)20-26(36(28)40)8-12-30(16-23)37(29)43-5/h15-22,39-40H,7-14H2,1-6H3. The highest BCUT2D eigenvalue weighted by molar-refractivity contribution is 5.52. The number of aryl methyl sites for hydroxylation is 10. The van der Waals surface area contributed by atoms with Gasteiger partial charge in [0.15, 0.2) is 0 Å². The number of aromatic hydroxyl groups is 2. The molecule has 8 bridgehead atoms. The Labute approximate surface area is 261 Å². The summed E-state index contributed by atoms with van der Waals surface area (Å²) in [6.07, 6.45) is 5.31. The molecule has 0 aromatic heterocycles. The summed E-state index contributed by atoms with van der Waals surface area (Å²) >= 11 is 0. The summed E-state index contributed by atoms with van der Waals surface area (Å²) < 4.78 is 23.3. The van der Waals surface area contributed by atoms with Gasteiger partial charge in [-0.15, -0.1) is 0 Å². The van der Waals surface area contributed by atoms with Gasteiger partial charge in [-0.25, -0.2) is 0 Å². The third-order valence-corrected chi connectivity index (χ3v) is 8.79. The van der Waals surface area contributed by atoms with Crippen molar-refractivity contribution >= 4 is 0 Å². The normalized spacial score (nSPS) is 13.6. The van der Waals surface area contributed by atoms with E-state index in [4.69, 9.17) is 18.9 Å². The second-order valence-electron chi connectivity index (χ2n) is 11.8. The summed E-state index contributed by atoms with van der Waals surface area (Å²) in [5, 5.41) is 22.9. The third-order valence-electron chi connectivity index (χ3n) is 8.79. The van der Waals surface area contributed by atoms with Gasteiger partial charge >= 0.3 is 0 Å². The van der Waals surface area contributed by atoms with Gasteiger partial charge in [0.1, 0.15) is 34.5 Å². The Morgan fingerprint density at radius 1 is 0.386 bits per heavy atom. The lowest BCUT2D eigenvalue weighted by atomic mass is 9.91. The monoisotopic (exact) mass is 596 g/mol. The predicted molar refractivity (Wildman–Crippen MR) is 174 cm³/mol. The molecule has 0 heterocycles. The summed E-state index contributed by atoms with van der Waals surface area (Å²) in [5.41, 5.74) is 10.1. The SMILES string of the molecule is COc1cc2c(O)c(c1)CCc1cc(C)cc(c1OC)CCc1cc(OC)cc(c1O)CCc1cc(C)cc(c1OC)CC2. The fourth-order valence-corrected chi connectivity index (χ4v) is 6.66. The van der Waals surface area contributed by atoms with Crippen molar-refractivity contribution in [3.63, 3.8) is 0 Å². The van der Waals surface area contributed by atoms with Crippen LogP contribution < -0.4 is 18.9 Å². The van der Waals surface area contributed by atoms with Gasteiger partial charge in [0.05, 0.1) is 28.4 Å². The second kappa shape index (κ2) is 13.5. The molecule has 6 nitrogen and oxygen atoms in total. The molecule has 6 heteroatoms. The molecule has 0 saturated heterocycles. The molecule has 0 aliphatic heterocycles. The van der Waals surface area contributed by atoms with E-state index in [2.05, 4.69) is 38.1 Å². The summed E-state index contributed by atoms with van der Waals surface area (Å²) in [6, 6.07) is 16.4. The van der Waals surface area contributed by atoms with Crippen LogP contribution in [0.3, 0.4) is 0 Å². The molecule has 0 unspecified atom stereocenters. The van der Waals surface area contributed by atoms with Gasteiger partial charge in [-0.1, -0.05) is 35.4 Å². The molecule has 4 aromatic carbocycles. The van der Waals surface area contributed by atoms with Crippen molar-refractivity contribution in [3.8, 4) is 34.5 Å². The first kappa shape index (κ1) is 31.1. The quantitative estimate of drug-likeness (QED) is 0.259. The molecule has 4 aromatic rings. The van der Waals surface area contributed by atoms with Crippen LogP contribution in [0.5, 0.6) is 34.5 Å². The molecule has 2 N–H and O–H groups in total. The number of hydrogen-bond donors (Lipinski definition) is 2. The Balaban J connectivity index is 1.63. The van der Waals surface area contributed by atoms with E-state index in [1.165, 1.54) is 0 Å².